The van der Waals surface area contributed by atoms with Crippen molar-refractivity contribution in [2.75, 3.05) is 6.61 Å². The van der Waals surface area contributed by atoms with Gasteiger partial charge in [-0.15, -0.1) is 0 Å². The molecule has 0 spiro atoms. The molecule has 10 heteroatoms. The van der Waals surface area contributed by atoms with E-state index in [0.717, 1.165) is 38.5 Å². The second-order valence-corrected chi connectivity index (χ2v) is 21.3. The van der Waals surface area contributed by atoms with Crippen LogP contribution in [0.4, 0.5) is 0 Å². The van der Waals surface area contributed by atoms with Gasteiger partial charge >= 0.3 is 29.8 Å². The van der Waals surface area contributed by atoms with E-state index in [0.29, 0.717) is 62.4 Å². The van der Waals surface area contributed by atoms with Crippen LogP contribution in [0.2, 0.25) is 0 Å². The summed E-state index contributed by atoms with van der Waals surface area (Å²) in [5, 5.41) is 0. The highest BCUT2D eigenvalue weighted by Crippen LogP contribution is 2.66. The van der Waals surface area contributed by atoms with Gasteiger partial charge in [0.15, 0.2) is 0 Å². The van der Waals surface area contributed by atoms with E-state index in [9.17, 15) is 24.0 Å². The minimum Gasteiger partial charge on any atom is -0.465 e. The maximum atomic E-state index is 15.2. The monoisotopic (exact) mass is 760 g/mol. The number of Topliss-reactive ketones (excluding diaryl/α,β-unsaturated/α-hetero) is 1. The van der Waals surface area contributed by atoms with Gasteiger partial charge in [-0.25, -0.2) is 0 Å². The van der Waals surface area contributed by atoms with Crippen molar-refractivity contribution in [2.45, 2.75) is 135 Å². The van der Waals surface area contributed by atoms with Crippen molar-refractivity contribution in [2.24, 2.45) is 100 Å². The van der Waals surface area contributed by atoms with Gasteiger partial charge < -0.3 is 18.9 Å². The summed E-state index contributed by atoms with van der Waals surface area (Å²) in [6.07, 6.45) is 12.6. The van der Waals surface area contributed by atoms with Crippen LogP contribution in [0.15, 0.2) is 0 Å². The molecule has 0 radical (unpaired) electrons. The summed E-state index contributed by atoms with van der Waals surface area (Å²) in [5.74, 6) is -2.95. The highest BCUT2D eigenvalue weighted by Gasteiger charge is 2.64. The zero-order chi connectivity index (χ0) is 38.3. The molecule has 13 atom stereocenters. The molecule has 55 heavy (non-hydrogen) atoms. The molecule has 300 valence electrons. The van der Waals surface area contributed by atoms with Crippen LogP contribution in [0.25, 0.3) is 0 Å². The fraction of sp³-hybridized carbons (Fsp3) is 0.867. The van der Waals surface area contributed by atoms with Crippen molar-refractivity contribution in [3.63, 3.8) is 0 Å². The van der Waals surface area contributed by atoms with Gasteiger partial charge in [0.1, 0.15) is 17.0 Å². The lowest BCUT2D eigenvalue weighted by molar-refractivity contribution is -0.210. The number of ether oxygens (including phenoxy) is 4. The molecule has 0 N–H and O–H groups in total. The summed E-state index contributed by atoms with van der Waals surface area (Å²) in [4.78, 5) is 82.2. The van der Waals surface area contributed by atoms with Gasteiger partial charge in [0.05, 0.1) is 36.2 Å². The highest BCUT2D eigenvalue weighted by atomic mass is 16.6. The summed E-state index contributed by atoms with van der Waals surface area (Å²) in [6, 6.07) is 0. The third-order valence-corrected chi connectivity index (χ3v) is 18.6. The van der Waals surface area contributed by atoms with Gasteiger partial charge in [-0.1, -0.05) is 20.8 Å². The van der Waals surface area contributed by atoms with Gasteiger partial charge in [-0.3, -0.25) is 28.8 Å². The summed E-state index contributed by atoms with van der Waals surface area (Å²) < 4.78 is 24.2. The van der Waals surface area contributed by atoms with Crippen LogP contribution in [0.1, 0.15) is 124 Å². The molecule has 0 aromatic rings. The van der Waals surface area contributed by atoms with Crippen LogP contribution in [0, 0.1) is 100 Å². The van der Waals surface area contributed by atoms with Crippen LogP contribution in [-0.4, -0.2) is 53.4 Å². The molecule has 0 aromatic carbocycles. The van der Waals surface area contributed by atoms with Crippen LogP contribution < -0.4 is 0 Å². The maximum absolute atomic E-state index is 15.2. The van der Waals surface area contributed by atoms with Crippen molar-refractivity contribution < 1.29 is 47.7 Å². The van der Waals surface area contributed by atoms with Crippen molar-refractivity contribution in [3.05, 3.63) is 0 Å². The van der Waals surface area contributed by atoms with Gasteiger partial charge in [0, 0.05) is 23.2 Å². The van der Waals surface area contributed by atoms with E-state index in [1.165, 1.54) is 19.3 Å². The van der Waals surface area contributed by atoms with E-state index in [1.54, 1.807) is 6.92 Å². The molecule has 12 fully saturated rings. The van der Waals surface area contributed by atoms with Crippen molar-refractivity contribution in [1.82, 2.24) is 0 Å². The Kier molecular flexibility index (Phi) is 8.38. The van der Waals surface area contributed by atoms with E-state index >= 15 is 4.79 Å². The molecule has 10 nitrogen and oxygen atoms in total. The summed E-state index contributed by atoms with van der Waals surface area (Å²) in [7, 11) is 0. The molecule has 0 aromatic heterocycles. The van der Waals surface area contributed by atoms with Crippen molar-refractivity contribution in [3.8, 4) is 0 Å². The van der Waals surface area contributed by atoms with Gasteiger partial charge in [-0.05, 0) is 151 Å². The Morgan fingerprint density at radius 3 is 2.02 bits per heavy atom. The molecule has 0 amide bonds. The first kappa shape index (κ1) is 36.6. The number of hydrogen-bond acceptors (Lipinski definition) is 10. The van der Waals surface area contributed by atoms with E-state index in [2.05, 4.69) is 20.8 Å². The molecule has 2 aliphatic heterocycles. The van der Waals surface area contributed by atoms with Gasteiger partial charge in [-0.2, -0.15) is 0 Å². The molecule has 12 rings (SSSR count). The normalized spacial score (nSPS) is 49.1. The van der Waals surface area contributed by atoms with Crippen molar-refractivity contribution >= 4 is 35.6 Å². The van der Waals surface area contributed by atoms with Crippen LogP contribution >= 0.6 is 0 Å². The average Bonchev–Trinajstić information content (AvgIpc) is 3.85. The Hall–Kier alpha value is -2.78. The lowest BCUT2D eigenvalue weighted by atomic mass is 9.45. The molecular formula is C45H60O10. The highest BCUT2D eigenvalue weighted by molar-refractivity contribution is 5.98. The van der Waals surface area contributed by atoms with Crippen LogP contribution in [0.3, 0.4) is 0 Å². The quantitative estimate of drug-likeness (QED) is 0.128. The second-order valence-electron chi connectivity index (χ2n) is 21.3. The van der Waals surface area contributed by atoms with E-state index in [4.69, 9.17) is 18.9 Å². The van der Waals surface area contributed by atoms with E-state index < -0.39 is 52.8 Å². The number of carbonyl (C=O) groups is 6. The third-order valence-electron chi connectivity index (χ3n) is 18.6. The predicted molar refractivity (Wildman–Crippen MR) is 195 cm³/mol. The zero-order valence-electron chi connectivity index (χ0n) is 33.1. The number of fused-ring (bicyclic) bond motifs is 5. The molecule has 10 bridgehead atoms. The Bertz CT molecular complexity index is 1650. The lowest BCUT2D eigenvalue weighted by Crippen LogP contribution is -2.59. The van der Waals surface area contributed by atoms with Gasteiger partial charge in [0.25, 0.3) is 0 Å². The fourth-order valence-electron chi connectivity index (χ4n) is 16.3. The molecule has 13 unspecified atom stereocenters. The Morgan fingerprint density at radius 1 is 0.782 bits per heavy atom. The summed E-state index contributed by atoms with van der Waals surface area (Å²) in [6.45, 7) is 8.52. The number of hydrogen-bond donors (Lipinski definition) is 0. The first-order valence-electron chi connectivity index (χ1n) is 22.1. The van der Waals surface area contributed by atoms with E-state index in [1.807, 2.05) is 0 Å². The number of rotatable bonds is 11. The molecule has 10 aliphatic carbocycles. The number of cyclic esters (lactones) is 3. The molecule has 2 heterocycles. The molecule has 2 saturated heterocycles. The first-order chi connectivity index (χ1) is 26.2. The number of esters is 5. The largest absolute Gasteiger partial charge is 0.465 e. The lowest BCUT2D eigenvalue weighted by Gasteiger charge is -2.62. The molecular weight excluding hydrogens is 700 g/mol. The minimum absolute atomic E-state index is 0.0190. The first-order valence-corrected chi connectivity index (χ1v) is 22.1. The second kappa shape index (κ2) is 12.6. The molecule has 10 saturated carbocycles. The summed E-state index contributed by atoms with van der Waals surface area (Å²) in [5.41, 5.74) is -1.52. The Balaban J connectivity index is 0.975. The molecule has 12 aliphatic rings. The third kappa shape index (κ3) is 5.50. The van der Waals surface area contributed by atoms with Crippen LogP contribution in [-0.2, 0) is 47.7 Å². The van der Waals surface area contributed by atoms with E-state index in [-0.39, 0.29) is 76.9 Å². The average molecular weight is 761 g/mol. The fourth-order valence-corrected chi connectivity index (χ4v) is 16.3. The Morgan fingerprint density at radius 2 is 1.42 bits per heavy atom. The summed E-state index contributed by atoms with van der Waals surface area (Å²) >= 11 is 0. The topological polar surface area (TPSA) is 139 Å². The smallest absolute Gasteiger partial charge is 0.318 e. The van der Waals surface area contributed by atoms with Gasteiger partial charge in [0.2, 0.25) is 0 Å². The van der Waals surface area contributed by atoms with Crippen molar-refractivity contribution in [1.29, 1.82) is 0 Å². The predicted octanol–water partition coefficient (Wildman–Crippen LogP) is 6.65. The SMILES string of the molecule is CCC(C)(OC(=O)C(CC(C(=O)OC12CC3CC(C1)C(=O)C(C3)C2)C1C(=O)OC(=O)C1C)CC1C(C)C2CC1C1COC(=O)C21)C12CC3CC(CC(C3)C1)C2. The number of carbonyl (C=O) groups excluding carboxylic acids is 6. The van der Waals surface area contributed by atoms with Crippen LogP contribution in [0.5, 0.6) is 0 Å². The standard InChI is InChI=1S/C45H60O10/c1-5-43(4,44-14-23-6-24(15-44)8-25(7-23)16-44)54-39(48)27(11-30-21(2)31-13-32(30)34-20-52-41(50)36(31)34)12-33(35-22(3)38(47)53-42(35)51)40(49)55-45-17-26-9-28(18-45)37(46)29(10-26)19-45/h21-36H,5-20H2,1-4H3. The Labute approximate surface area is 324 Å². The maximum Gasteiger partial charge on any atom is 0.318 e. The minimum atomic E-state index is -1.08. The zero-order valence-corrected chi connectivity index (χ0v) is 33.1. The number of ketones is 1.